The molecule has 0 saturated carbocycles. The number of aromatic nitrogens is 4. The highest BCUT2D eigenvalue weighted by Gasteiger charge is 2.14. The SMILES string of the molecule is COc1ccc(-c2cc(Nc3ccnc(N4CCOCC4)n3)n[nH]2)c(Cl)c1. The quantitative estimate of drug-likeness (QED) is 0.696. The summed E-state index contributed by atoms with van der Waals surface area (Å²) in [6, 6.07) is 9.20. The Morgan fingerprint density at radius 1 is 1.19 bits per heavy atom. The number of H-pyrrole nitrogens is 1. The van der Waals surface area contributed by atoms with Crippen LogP contribution in [0.25, 0.3) is 11.3 Å². The molecular formula is C18H19ClN6O2. The summed E-state index contributed by atoms with van der Waals surface area (Å²) in [7, 11) is 1.61. The molecule has 1 aromatic carbocycles. The molecule has 1 saturated heterocycles. The number of halogens is 1. The summed E-state index contributed by atoms with van der Waals surface area (Å²) in [6.45, 7) is 2.94. The summed E-state index contributed by atoms with van der Waals surface area (Å²) >= 11 is 6.33. The highest BCUT2D eigenvalue weighted by molar-refractivity contribution is 6.33. The molecule has 0 unspecified atom stereocenters. The van der Waals surface area contributed by atoms with E-state index in [1.807, 2.05) is 18.2 Å². The van der Waals surface area contributed by atoms with Crippen molar-refractivity contribution in [3.8, 4) is 17.0 Å². The molecule has 140 valence electrons. The highest BCUT2D eigenvalue weighted by Crippen LogP contribution is 2.31. The van der Waals surface area contributed by atoms with Gasteiger partial charge in [-0.25, -0.2) is 4.98 Å². The third-order valence-electron chi connectivity index (χ3n) is 4.24. The molecule has 9 heteroatoms. The number of morpholine rings is 1. The normalized spacial score (nSPS) is 14.2. The molecule has 1 aliphatic rings. The third kappa shape index (κ3) is 3.96. The lowest BCUT2D eigenvalue weighted by Crippen LogP contribution is -2.37. The van der Waals surface area contributed by atoms with E-state index in [0.717, 1.165) is 24.3 Å². The molecule has 0 spiro atoms. The second-order valence-corrected chi connectivity index (χ2v) is 6.39. The van der Waals surface area contributed by atoms with Crippen molar-refractivity contribution in [3.63, 3.8) is 0 Å². The van der Waals surface area contributed by atoms with Gasteiger partial charge in [0.2, 0.25) is 5.95 Å². The van der Waals surface area contributed by atoms with Gasteiger partial charge in [-0.2, -0.15) is 10.1 Å². The van der Waals surface area contributed by atoms with Crippen LogP contribution in [0, 0.1) is 0 Å². The minimum atomic E-state index is 0.584. The van der Waals surface area contributed by atoms with Gasteiger partial charge in [0.25, 0.3) is 0 Å². The maximum atomic E-state index is 6.33. The van der Waals surface area contributed by atoms with Crippen LogP contribution < -0.4 is 15.0 Å². The van der Waals surface area contributed by atoms with Gasteiger partial charge < -0.3 is 19.7 Å². The molecule has 0 aliphatic carbocycles. The fraction of sp³-hybridized carbons (Fsp3) is 0.278. The van der Waals surface area contributed by atoms with Gasteiger partial charge >= 0.3 is 0 Å². The number of ether oxygens (including phenoxy) is 2. The average molecular weight is 387 g/mol. The zero-order chi connectivity index (χ0) is 18.6. The number of methoxy groups -OCH3 is 1. The minimum absolute atomic E-state index is 0.584. The summed E-state index contributed by atoms with van der Waals surface area (Å²) in [4.78, 5) is 11.0. The lowest BCUT2D eigenvalue weighted by atomic mass is 10.1. The third-order valence-corrected chi connectivity index (χ3v) is 4.55. The van der Waals surface area contributed by atoms with Crippen molar-refractivity contribution in [1.82, 2.24) is 20.2 Å². The molecule has 1 aliphatic heterocycles. The Hall–Kier alpha value is -2.84. The van der Waals surface area contributed by atoms with Crippen molar-refractivity contribution >= 4 is 29.2 Å². The Kier molecular flexibility index (Phi) is 5.08. The summed E-state index contributed by atoms with van der Waals surface area (Å²) < 4.78 is 10.6. The minimum Gasteiger partial charge on any atom is -0.497 e. The maximum Gasteiger partial charge on any atom is 0.227 e. The molecule has 0 amide bonds. The van der Waals surface area contributed by atoms with E-state index in [-0.39, 0.29) is 0 Å². The molecule has 8 nitrogen and oxygen atoms in total. The lowest BCUT2D eigenvalue weighted by molar-refractivity contribution is 0.122. The molecule has 0 radical (unpaired) electrons. The van der Waals surface area contributed by atoms with Crippen LogP contribution in [0.1, 0.15) is 0 Å². The molecule has 0 atom stereocenters. The smallest absolute Gasteiger partial charge is 0.227 e. The van der Waals surface area contributed by atoms with Gasteiger partial charge in [0.05, 0.1) is 31.0 Å². The number of hydrogen-bond acceptors (Lipinski definition) is 7. The van der Waals surface area contributed by atoms with Crippen molar-refractivity contribution in [2.45, 2.75) is 0 Å². The fourth-order valence-corrected chi connectivity index (χ4v) is 3.10. The molecule has 3 heterocycles. The van der Waals surface area contributed by atoms with E-state index < -0.39 is 0 Å². The van der Waals surface area contributed by atoms with Gasteiger partial charge in [-0.1, -0.05) is 11.6 Å². The number of benzene rings is 1. The van der Waals surface area contributed by atoms with Crippen LogP contribution in [0.15, 0.2) is 36.5 Å². The van der Waals surface area contributed by atoms with E-state index in [1.54, 1.807) is 25.4 Å². The van der Waals surface area contributed by atoms with Gasteiger partial charge in [0.15, 0.2) is 5.82 Å². The maximum absolute atomic E-state index is 6.33. The number of nitrogens with one attached hydrogen (secondary N) is 2. The standard InChI is InChI=1S/C18H19ClN6O2/c1-26-12-2-3-13(14(19)10-12)15-11-17(24-23-15)21-16-4-5-20-18(22-16)25-6-8-27-9-7-25/h2-5,10-11H,6-9H2,1H3,(H2,20,21,22,23,24). The van der Waals surface area contributed by atoms with Crippen molar-refractivity contribution in [3.05, 3.63) is 41.6 Å². The van der Waals surface area contributed by atoms with E-state index in [0.29, 0.717) is 41.6 Å². The molecular weight excluding hydrogens is 368 g/mol. The fourth-order valence-electron chi connectivity index (χ4n) is 2.83. The molecule has 0 bridgehead atoms. The predicted octanol–water partition coefficient (Wildman–Crippen LogP) is 3.11. The van der Waals surface area contributed by atoms with E-state index in [1.165, 1.54) is 0 Å². The highest BCUT2D eigenvalue weighted by atomic mass is 35.5. The van der Waals surface area contributed by atoms with Gasteiger partial charge in [-0.3, -0.25) is 5.10 Å². The molecule has 2 N–H and O–H groups in total. The van der Waals surface area contributed by atoms with E-state index in [2.05, 4.69) is 30.4 Å². The Balaban J connectivity index is 1.51. The molecule has 27 heavy (non-hydrogen) atoms. The van der Waals surface area contributed by atoms with Gasteiger partial charge in [0, 0.05) is 30.9 Å². The van der Waals surface area contributed by atoms with Crippen LogP contribution in [0.5, 0.6) is 5.75 Å². The largest absolute Gasteiger partial charge is 0.497 e. The molecule has 2 aromatic heterocycles. The zero-order valence-electron chi connectivity index (χ0n) is 14.8. The topological polar surface area (TPSA) is 88.2 Å². The lowest BCUT2D eigenvalue weighted by Gasteiger charge is -2.26. The van der Waals surface area contributed by atoms with Gasteiger partial charge in [-0.15, -0.1) is 0 Å². The average Bonchev–Trinajstić information content (AvgIpc) is 3.17. The van der Waals surface area contributed by atoms with Crippen molar-refractivity contribution < 1.29 is 9.47 Å². The van der Waals surface area contributed by atoms with Crippen LogP contribution in [0.3, 0.4) is 0 Å². The van der Waals surface area contributed by atoms with E-state index in [4.69, 9.17) is 21.1 Å². The number of rotatable bonds is 5. The van der Waals surface area contributed by atoms with Crippen molar-refractivity contribution in [2.24, 2.45) is 0 Å². The second-order valence-electron chi connectivity index (χ2n) is 5.98. The molecule has 1 fully saturated rings. The Labute approximate surface area is 161 Å². The second kappa shape index (κ2) is 7.81. The Bertz CT molecular complexity index is 926. The first-order valence-corrected chi connectivity index (χ1v) is 8.93. The van der Waals surface area contributed by atoms with Gasteiger partial charge in [0.1, 0.15) is 11.6 Å². The first-order valence-electron chi connectivity index (χ1n) is 8.55. The van der Waals surface area contributed by atoms with E-state index >= 15 is 0 Å². The summed E-state index contributed by atoms with van der Waals surface area (Å²) in [6.07, 6.45) is 1.73. The summed E-state index contributed by atoms with van der Waals surface area (Å²) in [5, 5.41) is 11.1. The van der Waals surface area contributed by atoms with Crippen LogP contribution >= 0.6 is 11.6 Å². The monoisotopic (exact) mass is 386 g/mol. The van der Waals surface area contributed by atoms with Gasteiger partial charge in [-0.05, 0) is 24.3 Å². The van der Waals surface area contributed by atoms with Crippen LogP contribution in [0.2, 0.25) is 5.02 Å². The summed E-state index contributed by atoms with van der Waals surface area (Å²) in [5.74, 6) is 2.70. The van der Waals surface area contributed by atoms with Crippen molar-refractivity contribution in [1.29, 1.82) is 0 Å². The summed E-state index contributed by atoms with van der Waals surface area (Å²) in [5.41, 5.74) is 1.64. The number of hydrogen-bond donors (Lipinski definition) is 2. The number of aromatic amines is 1. The molecule has 3 aromatic rings. The number of nitrogens with zero attached hydrogens (tertiary/aromatic N) is 4. The van der Waals surface area contributed by atoms with Crippen LogP contribution in [0.4, 0.5) is 17.6 Å². The Morgan fingerprint density at radius 2 is 2.04 bits per heavy atom. The first-order chi connectivity index (χ1) is 13.2. The first kappa shape index (κ1) is 17.6. The number of anilines is 3. The van der Waals surface area contributed by atoms with E-state index in [9.17, 15) is 0 Å². The molecule has 4 rings (SSSR count). The van der Waals surface area contributed by atoms with Crippen LogP contribution in [-0.2, 0) is 4.74 Å². The zero-order valence-corrected chi connectivity index (χ0v) is 15.5. The van der Waals surface area contributed by atoms with Crippen LogP contribution in [-0.4, -0.2) is 53.6 Å². The Morgan fingerprint density at radius 3 is 2.81 bits per heavy atom. The predicted molar refractivity (Wildman–Crippen MR) is 104 cm³/mol. The van der Waals surface area contributed by atoms with Crippen molar-refractivity contribution in [2.75, 3.05) is 43.6 Å².